The molecule has 2 unspecified atom stereocenters. The third-order valence-corrected chi connectivity index (χ3v) is 6.72. The Bertz CT molecular complexity index is 1090. The van der Waals surface area contributed by atoms with Gasteiger partial charge >= 0.3 is 0 Å². The fraction of sp³-hybridized carbons (Fsp3) is 0.250. The van der Waals surface area contributed by atoms with E-state index in [-0.39, 0.29) is 0 Å². The molecule has 2 heterocycles. The Balaban J connectivity index is 1.70. The zero-order chi connectivity index (χ0) is 22.9. The van der Waals surface area contributed by atoms with E-state index >= 15 is 0 Å². The van der Waals surface area contributed by atoms with E-state index in [1.165, 1.54) is 0 Å². The molecule has 1 aromatic heterocycles. The number of hydrogen-bond donors (Lipinski definition) is 2. The number of aliphatic hydroxyl groups is 2. The number of hydrogen-bond acceptors (Lipinski definition) is 4. The van der Waals surface area contributed by atoms with Crippen LogP contribution in [-0.2, 0) is 5.54 Å². The zero-order valence-corrected chi connectivity index (χ0v) is 18.7. The molecule has 1 fully saturated rings. The van der Waals surface area contributed by atoms with Crippen molar-refractivity contribution in [3.05, 3.63) is 120 Å². The maximum Gasteiger partial charge on any atom is 0.150 e. The predicted molar refractivity (Wildman–Crippen MR) is 130 cm³/mol. The molecule has 2 N–H and O–H groups in total. The molecule has 0 amide bonds. The summed E-state index contributed by atoms with van der Waals surface area (Å²) < 4.78 is 2.03. The lowest BCUT2D eigenvalue weighted by Crippen LogP contribution is -2.55. The highest BCUT2D eigenvalue weighted by Crippen LogP contribution is 2.41. The minimum atomic E-state index is -1.17. The van der Waals surface area contributed by atoms with Crippen LogP contribution in [0.15, 0.2) is 103 Å². The number of β-amino-alcohol motifs (C(OH)–C–C–N with tert-alkyl or cyclic N) is 1. The molecule has 5 nitrogen and oxygen atoms in total. The molecule has 1 aliphatic heterocycles. The molecule has 1 saturated heterocycles. The van der Waals surface area contributed by atoms with Gasteiger partial charge in [0.15, 0.2) is 5.82 Å². The van der Waals surface area contributed by atoms with Crippen LogP contribution in [0, 0.1) is 0 Å². The summed E-state index contributed by atoms with van der Waals surface area (Å²) in [5.74, 6) is 0.786. The monoisotopic (exact) mass is 439 g/mol. The molecule has 0 spiro atoms. The smallest absolute Gasteiger partial charge is 0.150 e. The van der Waals surface area contributed by atoms with Crippen LogP contribution in [0.5, 0.6) is 0 Å². The minimum Gasteiger partial charge on any atom is -0.390 e. The maximum atomic E-state index is 10.6. The summed E-state index contributed by atoms with van der Waals surface area (Å²) in [5.41, 5.74) is 1.49. The highest BCUT2D eigenvalue weighted by atomic mass is 16.3. The fourth-order valence-electron chi connectivity index (χ4n) is 4.96. The van der Waals surface area contributed by atoms with Crippen molar-refractivity contribution in [3.63, 3.8) is 0 Å². The summed E-state index contributed by atoms with van der Waals surface area (Å²) >= 11 is 0. The van der Waals surface area contributed by atoms with Crippen molar-refractivity contribution >= 4 is 5.82 Å². The first kappa shape index (κ1) is 21.4. The lowest BCUT2D eigenvalue weighted by molar-refractivity contribution is -0.0693. The number of benzene rings is 3. The summed E-state index contributed by atoms with van der Waals surface area (Å²) in [6, 6.07) is 33.3. The second kappa shape index (κ2) is 8.50. The second-order valence-electron chi connectivity index (χ2n) is 9.01. The van der Waals surface area contributed by atoms with Crippen molar-refractivity contribution in [2.75, 3.05) is 18.0 Å². The molecule has 33 heavy (non-hydrogen) atoms. The SMILES string of the molecule is CC1(O)CN(c2ccn(C(c3ccccc3)(c3ccccc3)c3ccccc3)n2)CCC1O. The Morgan fingerprint density at radius 3 is 1.76 bits per heavy atom. The normalized spacial score (nSPS) is 21.2. The summed E-state index contributed by atoms with van der Waals surface area (Å²) in [4.78, 5) is 2.05. The average molecular weight is 440 g/mol. The highest BCUT2D eigenvalue weighted by molar-refractivity contribution is 5.51. The molecular weight excluding hydrogens is 410 g/mol. The van der Waals surface area contributed by atoms with Crippen molar-refractivity contribution in [3.8, 4) is 0 Å². The highest BCUT2D eigenvalue weighted by Gasteiger charge is 2.41. The molecule has 5 heteroatoms. The lowest BCUT2D eigenvalue weighted by atomic mass is 9.77. The number of aliphatic hydroxyl groups excluding tert-OH is 1. The van der Waals surface area contributed by atoms with Gasteiger partial charge in [0.2, 0.25) is 0 Å². The summed E-state index contributed by atoms with van der Waals surface area (Å²) in [5, 5.41) is 25.9. The van der Waals surface area contributed by atoms with Crippen LogP contribution in [0.2, 0.25) is 0 Å². The van der Waals surface area contributed by atoms with Gasteiger partial charge in [0.1, 0.15) is 11.1 Å². The molecule has 0 radical (unpaired) electrons. The van der Waals surface area contributed by atoms with Crippen LogP contribution >= 0.6 is 0 Å². The largest absolute Gasteiger partial charge is 0.390 e. The van der Waals surface area contributed by atoms with E-state index in [0.29, 0.717) is 19.5 Å². The molecule has 3 aromatic carbocycles. The number of nitrogens with zero attached hydrogens (tertiary/aromatic N) is 3. The van der Waals surface area contributed by atoms with Crippen LogP contribution in [0.1, 0.15) is 30.0 Å². The summed E-state index contributed by atoms with van der Waals surface area (Å²) in [6.45, 7) is 2.66. The zero-order valence-electron chi connectivity index (χ0n) is 18.7. The van der Waals surface area contributed by atoms with Crippen LogP contribution in [0.25, 0.3) is 0 Å². The molecule has 5 rings (SSSR count). The van der Waals surface area contributed by atoms with Crippen LogP contribution in [-0.4, -0.2) is 44.8 Å². The number of aromatic nitrogens is 2. The standard InChI is InChI=1S/C28H29N3O2/c1-27(33)21-30(19-17-25(27)32)26-18-20-31(29-26)28(22-11-5-2-6-12-22,23-13-7-3-8-14-23)24-15-9-4-10-16-24/h2-16,18,20,25,32-33H,17,19,21H2,1H3. The Kier molecular flexibility index (Phi) is 5.52. The van der Waals surface area contributed by atoms with Gasteiger partial charge in [-0.2, -0.15) is 5.10 Å². The van der Waals surface area contributed by atoms with Crippen molar-refractivity contribution < 1.29 is 10.2 Å². The molecule has 0 bridgehead atoms. The Hall–Kier alpha value is -3.41. The molecule has 1 aliphatic rings. The number of anilines is 1. The molecule has 4 aromatic rings. The van der Waals surface area contributed by atoms with E-state index in [1.807, 2.05) is 35.1 Å². The Morgan fingerprint density at radius 2 is 1.30 bits per heavy atom. The molecular formula is C28H29N3O2. The van der Waals surface area contributed by atoms with Gasteiger partial charge in [0.05, 0.1) is 12.6 Å². The van der Waals surface area contributed by atoms with E-state index in [4.69, 9.17) is 5.10 Å². The van der Waals surface area contributed by atoms with Gasteiger partial charge in [0.25, 0.3) is 0 Å². The Labute approximate surface area is 194 Å². The van der Waals surface area contributed by atoms with Gasteiger partial charge in [-0.05, 0) is 30.0 Å². The molecule has 168 valence electrons. The van der Waals surface area contributed by atoms with E-state index in [9.17, 15) is 10.2 Å². The third kappa shape index (κ3) is 3.73. The maximum absolute atomic E-state index is 10.6. The molecule has 0 saturated carbocycles. The van der Waals surface area contributed by atoms with Crippen molar-refractivity contribution in [2.24, 2.45) is 0 Å². The van der Waals surface area contributed by atoms with Crippen LogP contribution in [0.4, 0.5) is 5.82 Å². The van der Waals surface area contributed by atoms with Gasteiger partial charge in [-0.3, -0.25) is 4.68 Å². The first-order chi connectivity index (χ1) is 16.0. The van der Waals surface area contributed by atoms with Gasteiger partial charge < -0.3 is 15.1 Å². The second-order valence-corrected chi connectivity index (χ2v) is 9.01. The average Bonchev–Trinajstić information content (AvgIpc) is 3.34. The van der Waals surface area contributed by atoms with Crippen molar-refractivity contribution in [1.29, 1.82) is 0 Å². The van der Waals surface area contributed by atoms with Gasteiger partial charge in [-0.15, -0.1) is 0 Å². The quantitative estimate of drug-likeness (QED) is 0.461. The van der Waals surface area contributed by atoms with E-state index in [1.54, 1.807) is 6.92 Å². The van der Waals surface area contributed by atoms with Crippen LogP contribution in [0.3, 0.4) is 0 Å². The van der Waals surface area contributed by atoms with Crippen molar-refractivity contribution in [1.82, 2.24) is 9.78 Å². The first-order valence-electron chi connectivity index (χ1n) is 11.4. The molecule has 2 atom stereocenters. The van der Waals surface area contributed by atoms with E-state index in [0.717, 1.165) is 22.5 Å². The van der Waals surface area contributed by atoms with E-state index in [2.05, 4.69) is 77.7 Å². The topological polar surface area (TPSA) is 61.5 Å². The first-order valence-corrected chi connectivity index (χ1v) is 11.4. The molecule has 0 aliphatic carbocycles. The van der Waals surface area contributed by atoms with Gasteiger partial charge in [-0.25, -0.2) is 0 Å². The third-order valence-electron chi connectivity index (χ3n) is 6.72. The van der Waals surface area contributed by atoms with Gasteiger partial charge in [-0.1, -0.05) is 91.0 Å². The minimum absolute atomic E-state index is 0.334. The number of rotatable bonds is 5. The fourth-order valence-corrected chi connectivity index (χ4v) is 4.96. The predicted octanol–water partition coefficient (Wildman–Crippen LogP) is 4.05. The number of piperidine rings is 1. The van der Waals surface area contributed by atoms with Crippen LogP contribution < -0.4 is 4.90 Å². The van der Waals surface area contributed by atoms with Gasteiger partial charge in [0, 0.05) is 18.8 Å². The summed E-state index contributed by atoms with van der Waals surface area (Å²) in [7, 11) is 0. The van der Waals surface area contributed by atoms with E-state index < -0.39 is 17.2 Å². The summed E-state index contributed by atoms with van der Waals surface area (Å²) in [6.07, 6.45) is 1.79. The lowest BCUT2D eigenvalue weighted by Gasteiger charge is -2.40. The Morgan fingerprint density at radius 1 is 0.818 bits per heavy atom. The van der Waals surface area contributed by atoms with Crippen molar-refractivity contribution in [2.45, 2.75) is 30.6 Å².